The van der Waals surface area contributed by atoms with Gasteiger partial charge in [0.15, 0.2) is 9.84 Å². The molecule has 1 N–H and O–H groups in total. The van der Waals surface area contributed by atoms with Crippen molar-refractivity contribution in [3.8, 4) is 0 Å². The Kier molecular flexibility index (Phi) is 4.84. The molecule has 0 bridgehead atoms. The van der Waals surface area contributed by atoms with Gasteiger partial charge in [-0.2, -0.15) is 0 Å². The smallest absolute Gasteiger partial charge is 0.234 e. The molecule has 0 aromatic heterocycles. The van der Waals surface area contributed by atoms with Gasteiger partial charge in [-0.3, -0.25) is 9.69 Å². The number of amides is 1. The summed E-state index contributed by atoms with van der Waals surface area (Å²) in [5.41, 5.74) is 0. The molecule has 0 aromatic rings. The number of carbonyl (C=O) groups is 1. The summed E-state index contributed by atoms with van der Waals surface area (Å²) >= 11 is 0. The molecular formula is C13H24N2O3S. The molecule has 6 heteroatoms. The topological polar surface area (TPSA) is 66.5 Å². The van der Waals surface area contributed by atoms with E-state index < -0.39 is 9.84 Å². The lowest BCUT2D eigenvalue weighted by Crippen LogP contribution is -2.47. The maximum atomic E-state index is 11.9. The van der Waals surface area contributed by atoms with Crippen molar-refractivity contribution in [1.82, 2.24) is 10.2 Å². The molecule has 1 amide bonds. The number of sulfone groups is 1. The molecule has 2 aliphatic rings. The Bertz CT molecular complexity index is 400. The summed E-state index contributed by atoms with van der Waals surface area (Å²) in [5.74, 6) is 1.18. The van der Waals surface area contributed by atoms with Gasteiger partial charge in [-0.25, -0.2) is 8.42 Å². The summed E-state index contributed by atoms with van der Waals surface area (Å²) < 4.78 is 22.6. The van der Waals surface area contributed by atoms with Gasteiger partial charge in [0.2, 0.25) is 5.91 Å². The Morgan fingerprint density at radius 3 is 2.32 bits per heavy atom. The van der Waals surface area contributed by atoms with E-state index in [1.54, 1.807) is 0 Å². The largest absolute Gasteiger partial charge is 0.352 e. The Hall–Kier alpha value is -0.620. The van der Waals surface area contributed by atoms with Crippen molar-refractivity contribution < 1.29 is 13.2 Å². The minimum Gasteiger partial charge on any atom is -0.352 e. The van der Waals surface area contributed by atoms with Crippen molar-refractivity contribution >= 4 is 15.7 Å². The predicted octanol–water partition coefficient (Wildman–Crippen LogP) is 0.412. The van der Waals surface area contributed by atoms with Crippen LogP contribution in [0.25, 0.3) is 0 Å². The number of rotatable bonds is 3. The summed E-state index contributed by atoms with van der Waals surface area (Å²) in [7, 11) is -2.86. The first-order valence-corrected chi connectivity index (χ1v) is 8.99. The van der Waals surface area contributed by atoms with Gasteiger partial charge in [0.05, 0.1) is 18.1 Å². The highest BCUT2D eigenvalue weighted by atomic mass is 32.2. The van der Waals surface area contributed by atoms with Gasteiger partial charge in [0.25, 0.3) is 0 Å². The van der Waals surface area contributed by atoms with E-state index in [0.29, 0.717) is 25.7 Å². The lowest BCUT2D eigenvalue weighted by molar-refractivity contribution is -0.123. The third-order valence-electron chi connectivity index (χ3n) is 4.19. The molecule has 1 saturated carbocycles. The number of nitrogens with zero attached hydrogens (tertiary/aromatic N) is 1. The average Bonchev–Trinajstić information content (AvgIpc) is 2.35. The van der Waals surface area contributed by atoms with E-state index in [1.807, 2.05) is 4.90 Å². The van der Waals surface area contributed by atoms with Crippen molar-refractivity contribution in [3.05, 3.63) is 0 Å². The fourth-order valence-electron chi connectivity index (χ4n) is 2.79. The minimum atomic E-state index is -2.86. The van der Waals surface area contributed by atoms with Crippen LogP contribution in [0.15, 0.2) is 0 Å². The van der Waals surface area contributed by atoms with Crippen molar-refractivity contribution in [2.75, 3.05) is 31.1 Å². The summed E-state index contributed by atoms with van der Waals surface area (Å²) in [6, 6.07) is 0.317. The van der Waals surface area contributed by atoms with Crippen molar-refractivity contribution in [3.63, 3.8) is 0 Å². The first-order chi connectivity index (χ1) is 8.94. The Labute approximate surface area is 115 Å². The third kappa shape index (κ3) is 4.76. The van der Waals surface area contributed by atoms with Crippen LogP contribution < -0.4 is 5.32 Å². The van der Waals surface area contributed by atoms with Gasteiger partial charge in [0, 0.05) is 19.1 Å². The van der Waals surface area contributed by atoms with Crippen LogP contribution in [-0.4, -0.2) is 56.4 Å². The van der Waals surface area contributed by atoms with E-state index in [1.165, 1.54) is 12.8 Å². The molecule has 1 saturated heterocycles. The quantitative estimate of drug-likeness (QED) is 0.817. The van der Waals surface area contributed by atoms with Gasteiger partial charge in [0.1, 0.15) is 0 Å². The summed E-state index contributed by atoms with van der Waals surface area (Å²) in [6.07, 6.45) is 4.52. The van der Waals surface area contributed by atoms with E-state index in [4.69, 9.17) is 0 Å². The number of hydrogen-bond acceptors (Lipinski definition) is 4. The lowest BCUT2D eigenvalue weighted by atomic mass is 9.87. The monoisotopic (exact) mass is 288 g/mol. The zero-order valence-electron chi connectivity index (χ0n) is 11.6. The number of carbonyl (C=O) groups excluding carboxylic acids is 1. The number of hydrogen-bond donors (Lipinski definition) is 1. The van der Waals surface area contributed by atoms with Gasteiger partial charge >= 0.3 is 0 Å². The molecular weight excluding hydrogens is 264 g/mol. The van der Waals surface area contributed by atoms with Gasteiger partial charge in [-0.15, -0.1) is 0 Å². The lowest BCUT2D eigenvalue weighted by Gasteiger charge is -2.29. The molecule has 0 aromatic carbocycles. The fourth-order valence-corrected chi connectivity index (χ4v) is 4.07. The van der Waals surface area contributed by atoms with E-state index in [0.717, 1.165) is 18.8 Å². The van der Waals surface area contributed by atoms with Crippen LogP contribution in [-0.2, 0) is 14.6 Å². The van der Waals surface area contributed by atoms with E-state index in [9.17, 15) is 13.2 Å². The molecule has 19 heavy (non-hydrogen) atoms. The normalized spacial score (nSPS) is 31.8. The Balaban J connectivity index is 1.70. The van der Waals surface area contributed by atoms with Crippen molar-refractivity contribution in [2.24, 2.45) is 5.92 Å². The summed E-state index contributed by atoms with van der Waals surface area (Å²) in [5, 5.41) is 3.08. The SMILES string of the molecule is CC1CCC(NC(=O)CN2CCS(=O)(=O)CC2)CC1. The van der Waals surface area contributed by atoms with Crippen LogP contribution in [0, 0.1) is 5.92 Å². The molecule has 2 fully saturated rings. The van der Waals surface area contributed by atoms with Crippen LogP contribution in [0.2, 0.25) is 0 Å². The van der Waals surface area contributed by atoms with E-state index in [2.05, 4.69) is 12.2 Å². The molecule has 5 nitrogen and oxygen atoms in total. The summed E-state index contributed by atoms with van der Waals surface area (Å²) in [4.78, 5) is 13.9. The van der Waals surface area contributed by atoms with Crippen LogP contribution >= 0.6 is 0 Å². The first-order valence-electron chi connectivity index (χ1n) is 7.17. The number of nitrogens with one attached hydrogen (secondary N) is 1. The van der Waals surface area contributed by atoms with Crippen molar-refractivity contribution in [2.45, 2.75) is 38.6 Å². The fraction of sp³-hybridized carbons (Fsp3) is 0.923. The van der Waals surface area contributed by atoms with Crippen LogP contribution in [0.3, 0.4) is 0 Å². The third-order valence-corrected chi connectivity index (χ3v) is 5.79. The molecule has 1 aliphatic heterocycles. The standard InChI is InChI=1S/C13H24N2O3S/c1-11-2-4-12(5-3-11)14-13(16)10-15-6-8-19(17,18)9-7-15/h11-12H,2-10H2,1H3,(H,14,16). The minimum absolute atomic E-state index is 0.0406. The van der Waals surface area contributed by atoms with Gasteiger partial charge in [-0.05, 0) is 31.6 Å². The van der Waals surface area contributed by atoms with Gasteiger partial charge in [-0.1, -0.05) is 6.92 Å². The van der Waals surface area contributed by atoms with E-state index in [-0.39, 0.29) is 17.4 Å². The Morgan fingerprint density at radius 1 is 1.16 bits per heavy atom. The zero-order chi connectivity index (χ0) is 13.9. The second-order valence-corrected chi connectivity index (χ2v) is 8.26. The highest BCUT2D eigenvalue weighted by molar-refractivity contribution is 7.91. The average molecular weight is 288 g/mol. The Morgan fingerprint density at radius 2 is 1.74 bits per heavy atom. The molecule has 1 heterocycles. The molecule has 110 valence electrons. The molecule has 0 atom stereocenters. The maximum absolute atomic E-state index is 11.9. The van der Waals surface area contributed by atoms with Crippen LogP contribution in [0.4, 0.5) is 0 Å². The highest BCUT2D eigenvalue weighted by Crippen LogP contribution is 2.23. The van der Waals surface area contributed by atoms with E-state index >= 15 is 0 Å². The molecule has 1 aliphatic carbocycles. The highest BCUT2D eigenvalue weighted by Gasteiger charge is 2.24. The van der Waals surface area contributed by atoms with Crippen molar-refractivity contribution in [1.29, 1.82) is 0 Å². The maximum Gasteiger partial charge on any atom is 0.234 e. The molecule has 2 rings (SSSR count). The molecule has 0 unspecified atom stereocenters. The first kappa shape index (κ1) is 14.8. The summed E-state index contributed by atoms with van der Waals surface area (Å²) in [6.45, 7) is 3.56. The molecule has 0 spiro atoms. The van der Waals surface area contributed by atoms with Crippen LogP contribution in [0.1, 0.15) is 32.6 Å². The van der Waals surface area contributed by atoms with Gasteiger partial charge < -0.3 is 5.32 Å². The predicted molar refractivity (Wildman–Crippen MR) is 74.7 cm³/mol. The second-order valence-electron chi connectivity index (χ2n) is 5.95. The second kappa shape index (κ2) is 6.22. The van der Waals surface area contributed by atoms with Crippen LogP contribution in [0.5, 0.6) is 0 Å². The molecule has 0 radical (unpaired) electrons. The zero-order valence-corrected chi connectivity index (χ0v) is 12.4.